The van der Waals surface area contributed by atoms with E-state index in [-0.39, 0.29) is 12.5 Å². The largest absolute Gasteiger partial charge is 0.493 e. The number of aromatic nitrogens is 2. The Morgan fingerprint density at radius 2 is 1.81 bits per heavy atom. The summed E-state index contributed by atoms with van der Waals surface area (Å²) < 4.78 is 10.9. The zero-order valence-corrected chi connectivity index (χ0v) is 15.7. The Kier molecular flexibility index (Phi) is 6.30. The summed E-state index contributed by atoms with van der Waals surface area (Å²) in [6.45, 7) is 5.52. The number of amides is 1. The molecule has 1 aromatic carbocycles. The molecule has 1 aliphatic heterocycles. The molecular weight excluding hydrogens is 346 g/mol. The molecule has 0 bridgehead atoms. The molecule has 1 aliphatic rings. The second-order valence-electron chi connectivity index (χ2n) is 6.11. The van der Waals surface area contributed by atoms with Crippen LogP contribution in [0.25, 0.3) is 0 Å². The number of hydrogen-bond donors (Lipinski definition) is 1. The van der Waals surface area contributed by atoms with Gasteiger partial charge in [0.25, 0.3) is 5.91 Å². The average molecular weight is 371 g/mol. The predicted molar refractivity (Wildman–Crippen MR) is 103 cm³/mol. The van der Waals surface area contributed by atoms with E-state index in [0.29, 0.717) is 24.6 Å². The highest BCUT2D eigenvalue weighted by molar-refractivity contribution is 5.78. The minimum atomic E-state index is -0.0332. The standard InChI is InChI=1S/C19H25N5O3/c1-3-20-17-8-9-18(22-21-17)23-10-12-24(13-11-23)19(25)14-27-16-7-5-4-6-15(16)26-2/h4-9H,3,10-14H2,1-2H3,(H,20,21). The zero-order valence-electron chi connectivity index (χ0n) is 15.7. The molecule has 1 saturated heterocycles. The summed E-state index contributed by atoms with van der Waals surface area (Å²) in [7, 11) is 1.58. The van der Waals surface area contributed by atoms with Crippen LogP contribution in [-0.4, -0.2) is 67.4 Å². The first kappa shape index (κ1) is 18.8. The molecule has 27 heavy (non-hydrogen) atoms. The predicted octanol–water partition coefficient (Wildman–Crippen LogP) is 1.64. The Morgan fingerprint density at radius 1 is 1.07 bits per heavy atom. The number of ether oxygens (including phenoxy) is 2. The molecule has 0 atom stereocenters. The molecule has 2 aromatic rings. The van der Waals surface area contributed by atoms with Crippen LogP contribution in [0.1, 0.15) is 6.92 Å². The van der Waals surface area contributed by atoms with E-state index in [9.17, 15) is 4.79 Å². The van der Waals surface area contributed by atoms with Gasteiger partial charge < -0.3 is 24.6 Å². The fourth-order valence-electron chi connectivity index (χ4n) is 2.92. The van der Waals surface area contributed by atoms with E-state index in [1.54, 1.807) is 19.2 Å². The van der Waals surface area contributed by atoms with E-state index in [2.05, 4.69) is 20.4 Å². The van der Waals surface area contributed by atoms with Crippen molar-refractivity contribution in [2.24, 2.45) is 0 Å². The van der Waals surface area contributed by atoms with Gasteiger partial charge in [-0.3, -0.25) is 4.79 Å². The number of carbonyl (C=O) groups excluding carboxylic acids is 1. The van der Waals surface area contributed by atoms with Gasteiger partial charge in [0.1, 0.15) is 5.82 Å². The van der Waals surface area contributed by atoms with Crippen LogP contribution < -0.4 is 19.7 Å². The molecule has 0 saturated carbocycles. The van der Waals surface area contributed by atoms with Crippen molar-refractivity contribution in [3.05, 3.63) is 36.4 Å². The number of nitrogens with zero attached hydrogens (tertiary/aromatic N) is 4. The van der Waals surface area contributed by atoms with Gasteiger partial charge in [0, 0.05) is 32.7 Å². The van der Waals surface area contributed by atoms with E-state index in [1.165, 1.54) is 0 Å². The number of carbonyl (C=O) groups is 1. The third-order valence-corrected chi connectivity index (χ3v) is 4.38. The molecule has 0 radical (unpaired) electrons. The van der Waals surface area contributed by atoms with E-state index in [0.717, 1.165) is 31.3 Å². The number of hydrogen-bond acceptors (Lipinski definition) is 7. The van der Waals surface area contributed by atoms with E-state index in [4.69, 9.17) is 9.47 Å². The summed E-state index contributed by atoms with van der Waals surface area (Å²) in [5.74, 6) is 2.75. The van der Waals surface area contributed by atoms with Crippen LogP contribution in [0.4, 0.5) is 11.6 Å². The molecule has 3 rings (SSSR count). The molecule has 1 amide bonds. The maximum atomic E-state index is 12.4. The quantitative estimate of drug-likeness (QED) is 0.793. The van der Waals surface area contributed by atoms with Crippen LogP contribution in [-0.2, 0) is 4.79 Å². The van der Waals surface area contributed by atoms with Crippen molar-refractivity contribution in [2.45, 2.75) is 6.92 Å². The Balaban J connectivity index is 1.49. The number of para-hydroxylation sites is 2. The Morgan fingerprint density at radius 3 is 2.44 bits per heavy atom. The maximum absolute atomic E-state index is 12.4. The van der Waals surface area contributed by atoms with Crippen LogP contribution in [0.3, 0.4) is 0 Å². The van der Waals surface area contributed by atoms with E-state index < -0.39 is 0 Å². The Labute approximate surface area is 159 Å². The van der Waals surface area contributed by atoms with Gasteiger partial charge in [0.2, 0.25) is 0 Å². The van der Waals surface area contributed by atoms with Crippen molar-refractivity contribution in [3.63, 3.8) is 0 Å². The fourth-order valence-corrected chi connectivity index (χ4v) is 2.92. The van der Waals surface area contributed by atoms with Gasteiger partial charge in [-0.2, -0.15) is 0 Å². The lowest BCUT2D eigenvalue weighted by Crippen LogP contribution is -2.50. The molecule has 1 aromatic heterocycles. The second kappa shape index (κ2) is 9.07. The first-order valence-electron chi connectivity index (χ1n) is 9.07. The molecule has 8 nitrogen and oxygen atoms in total. The average Bonchev–Trinajstić information content (AvgIpc) is 2.73. The molecule has 0 unspecified atom stereocenters. The highest BCUT2D eigenvalue weighted by atomic mass is 16.5. The summed E-state index contributed by atoms with van der Waals surface area (Å²) in [6.07, 6.45) is 0. The summed E-state index contributed by atoms with van der Waals surface area (Å²) in [6, 6.07) is 11.2. The van der Waals surface area contributed by atoms with Gasteiger partial charge >= 0.3 is 0 Å². The fraction of sp³-hybridized carbons (Fsp3) is 0.421. The second-order valence-corrected chi connectivity index (χ2v) is 6.11. The van der Waals surface area contributed by atoms with Crippen molar-refractivity contribution in [2.75, 3.05) is 56.7 Å². The van der Waals surface area contributed by atoms with Gasteiger partial charge in [-0.1, -0.05) is 12.1 Å². The lowest BCUT2D eigenvalue weighted by Gasteiger charge is -2.35. The minimum Gasteiger partial charge on any atom is -0.493 e. The maximum Gasteiger partial charge on any atom is 0.260 e. The van der Waals surface area contributed by atoms with Gasteiger partial charge in [0.15, 0.2) is 23.9 Å². The molecule has 144 valence electrons. The van der Waals surface area contributed by atoms with Crippen molar-refractivity contribution in [1.29, 1.82) is 0 Å². The van der Waals surface area contributed by atoms with Crippen molar-refractivity contribution < 1.29 is 14.3 Å². The molecule has 2 heterocycles. The van der Waals surface area contributed by atoms with Gasteiger partial charge in [-0.05, 0) is 31.2 Å². The van der Waals surface area contributed by atoms with Gasteiger partial charge in [-0.25, -0.2) is 0 Å². The van der Waals surface area contributed by atoms with Gasteiger partial charge in [0.05, 0.1) is 7.11 Å². The lowest BCUT2D eigenvalue weighted by molar-refractivity contribution is -0.133. The highest BCUT2D eigenvalue weighted by Gasteiger charge is 2.22. The zero-order chi connectivity index (χ0) is 19.1. The highest BCUT2D eigenvalue weighted by Crippen LogP contribution is 2.25. The molecule has 8 heteroatoms. The summed E-state index contributed by atoms with van der Waals surface area (Å²) in [4.78, 5) is 16.4. The van der Waals surface area contributed by atoms with Crippen LogP contribution in [0.2, 0.25) is 0 Å². The Hall–Kier alpha value is -3.03. The molecule has 1 N–H and O–H groups in total. The molecular formula is C19H25N5O3. The smallest absolute Gasteiger partial charge is 0.260 e. The Bertz CT molecular complexity index is 745. The van der Waals surface area contributed by atoms with E-state index >= 15 is 0 Å². The summed E-state index contributed by atoms with van der Waals surface area (Å²) in [5, 5.41) is 11.5. The summed E-state index contributed by atoms with van der Waals surface area (Å²) >= 11 is 0. The van der Waals surface area contributed by atoms with Crippen molar-refractivity contribution in [1.82, 2.24) is 15.1 Å². The van der Waals surface area contributed by atoms with Crippen LogP contribution in [0, 0.1) is 0 Å². The van der Waals surface area contributed by atoms with E-state index in [1.807, 2.05) is 36.1 Å². The normalized spacial score (nSPS) is 14.0. The number of benzene rings is 1. The number of anilines is 2. The topological polar surface area (TPSA) is 79.8 Å². The van der Waals surface area contributed by atoms with Crippen LogP contribution >= 0.6 is 0 Å². The third kappa shape index (κ3) is 4.78. The van der Waals surface area contributed by atoms with Crippen molar-refractivity contribution >= 4 is 17.5 Å². The van der Waals surface area contributed by atoms with Gasteiger partial charge in [-0.15, -0.1) is 10.2 Å². The van der Waals surface area contributed by atoms with Crippen LogP contribution in [0.5, 0.6) is 11.5 Å². The molecule has 1 fully saturated rings. The lowest BCUT2D eigenvalue weighted by atomic mass is 10.3. The number of rotatable bonds is 7. The SMILES string of the molecule is CCNc1ccc(N2CCN(C(=O)COc3ccccc3OC)CC2)nn1. The third-order valence-electron chi connectivity index (χ3n) is 4.38. The molecule has 0 aliphatic carbocycles. The van der Waals surface area contributed by atoms with Crippen LogP contribution in [0.15, 0.2) is 36.4 Å². The number of nitrogens with one attached hydrogen (secondary N) is 1. The first-order chi connectivity index (χ1) is 13.2. The summed E-state index contributed by atoms with van der Waals surface area (Å²) in [5.41, 5.74) is 0. The monoisotopic (exact) mass is 371 g/mol. The first-order valence-corrected chi connectivity index (χ1v) is 9.07. The number of piperazine rings is 1. The minimum absolute atomic E-state index is 0.00242. The molecule has 0 spiro atoms. The number of methoxy groups -OCH3 is 1. The van der Waals surface area contributed by atoms with Crippen molar-refractivity contribution in [3.8, 4) is 11.5 Å².